The molecule has 0 aliphatic carbocycles. The van der Waals surface area contributed by atoms with Gasteiger partial charge >= 0.3 is 0 Å². The lowest BCUT2D eigenvalue weighted by Crippen LogP contribution is -2.28. The van der Waals surface area contributed by atoms with E-state index in [9.17, 15) is 13.2 Å². The van der Waals surface area contributed by atoms with Crippen molar-refractivity contribution in [1.29, 1.82) is 0 Å². The van der Waals surface area contributed by atoms with Crippen LogP contribution in [0.4, 0.5) is 10.8 Å². The Balaban J connectivity index is 1.36. The van der Waals surface area contributed by atoms with E-state index in [0.29, 0.717) is 17.4 Å². The van der Waals surface area contributed by atoms with Crippen LogP contribution >= 0.6 is 11.3 Å². The van der Waals surface area contributed by atoms with Gasteiger partial charge < -0.3 is 9.73 Å². The monoisotopic (exact) mass is 446 g/mol. The molecule has 1 amide bonds. The van der Waals surface area contributed by atoms with Crippen molar-refractivity contribution in [3.8, 4) is 0 Å². The molecule has 0 unspecified atom stereocenters. The summed E-state index contributed by atoms with van der Waals surface area (Å²) in [5.74, 6) is 0.609. The summed E-state index contributed by atoms with van der Waals surface area (Å²) in [6, 6.07) is 9.40. The zero-order valence-electron chi connectivity index (χ0n) is 16.2. The maximum atomic E-state index is 12.5. The normalized spacial score (nSPS) is 15.1. The van der Waals surface area contributed by atoms with E-state index in [1.165, 1.54) is 61.1 Å². The number of thiazole rings is 1. The Morgan fingerprint density at radius 3 is 2.57 bits per heavy atom. The number of hydrogen-bond acceptors (Lipinski definition) is 7. The Kier molecular flexibility index (Phi) is 6.16. The number of rotatable bonds is 7. The lowest BCUT2D eigenvalue weighted by molar-refractivity contribution is 0.0992. The minimum Gasteiger partial charge on any atom is -0.455 e. The predicted octanol–water partition coefficient (Wildman–Crippen LogP) is 3.78. The molecule has 3 aromatic rings. The summed E-state index contributed by atoms with van der Waals surface area (Å²) >= 11 is 1.19. The molecule has 8 nitrogen and oxygen atoms in total. The molecule has 1 aliphatic heterocycles. The van der Waals surface area contributed by atoms with E-state index >= 15 is 0 Å². The summed E-state index contributed by atoms with van der Waals surface area (Å²) in [5, 5.41) is 4.71. The second kappa shape index (κ2) is 8.99. The maximum Gasteiger partial charge on any atom is 0.291 e. The fraction of sp³-hybridized carbons (Fsp3) is 0.300. The van der Waals surface area contributed by atoms with E-state index in [-0.39, 0.29) is 16.6 Å². The first-order valence-corrected chi connectivity index (χ1v) is 12.0. The molecule has 0 atom stereocenters. The highest BCUT2D eigenvalue weighted by Gasteiger charge is 2.17. The van der Waals surface area contributed by atoms with Crippen molar-refractivity contribution >= 4 is 38.1 Å². The number of hydrogen-bond donors (Lipinski definition) is 2. The second-order valence-electron chi connectivity index (χ2n) is 7.02. The number of piperidine rings is 1. The van der Waals surface area contributed by atoms with Crippen molar-refractivity contribution in [1.82, 2.24) is 9.88 Å². The number of amides is 1. The third kappa shape index (κ3) is 5.07. The quantitative estimate of drug-likeness (QED) is 0.572. The zero-order chi connectivity index (χ0) is 21.0. The predicted molar refractivity (Wildman–Crippen MR) is 115 cm³/mol. The van der Waals surface area contributed by atoms with E-state index in [1.54, 1.807) is 11.4 Å². The molecule has 1 aromatic carbocycles. The number of anilines is 2. The van der Waals surface area contributed by atoms with Crippen molar-refractivity contribution in [3.05, 3.63) is 59.5 Å². The van der Waals surface area contributed by atoms with Crippen molar-refractivity contribution in [2.75, 3.05) is 23.1 Å². The molecule has 30 heavy (non-hydrogen) atoms. The van der Waals surface area contributed by atoms with Crippen LogP contribution in [0.2, 0.25) is 0 Å². The first-order valence-electron chi connectivity index (χ1n) is 9.64. The van der Waals surface area contributed by atoms with Gasteiger partial charge in [0.1, 0.15) is 5.76 Å². The molecular formula is C20H22N4O4S2. The lowest BCUT2D eigenvalue weighted by Gasteiger charge is -2.25. The molecule has 1 fully saturated rings. The Morgan fingerprint density at radius 2 is 1.87 bits per heavy atom. The number of nitrogens with zero attached hydrogens (tertiary/aromatic N) is 2. The van der Waals surface area contributed by atoms with E-state index in [2.05, 4.69) is 19.9 Å². The summed E-state index contributed by atoms with van der Waals surface area (Å²) in [7, 11) is -3.73. The molecule has 1 saturated heterocycles. The summed E-state index contributed by atoms with van der Waals surface area (Å²) < 4.78 is 32.8. The average molecular weight is 447 g/mol. The van der Waals surface area contributed by atoms with Crippen LogP contribution in [0.5, 0.6) is 0 Å². The number of carbonyl (C=O) groups excluding carboxylic acids is 1. The van der Waals surface area contributed by atoms with Crippen LogP contribution in [0, 0.1) is 0 Å². The van der Waals surface area contributed by atoms with Crippen molar-refractivity contribution in [3.63, 3.8) is 0 Å². The van der Waals surface area contributed by atoms with Crippen LogP contribution in [0.1, 0.15) is 35.6 Å². The number of sulfonamides is 1. The minimum atomic E-state index is -3.73. The van der Waals surface area contributed by atoms with Crippen LogP contribution in [0.15, 0.2) is 57.3 Å². The van der Waals surface area contributed by atoms with Gasteiger partial charge in [-0.25, -0.2) is 13.4 Å². The second-order valence-corrected chi connectivity index (χ2v) is 9.60. The van der Waals surface area contributed by atoms with Crippen molar-refractivity contribution in [2.45, 2.75) is 30.7 Å². The van der Waals surface area contributed by atoms with Gasteiger partial charge in [-0.15, -0.1) is 11.3 Å². The number of furan rings is 1. The third-order valence-electron chi connectivity index (χ3n) is 4.79. The smallest absolute Gasteiger partial charge is 0.291 e. The number of carbonyl (C=O) groups is 1. The molecule has 2 aromatic heterocycles. The highest BCUT2D eigenvalue weighted by Crippen LogP contribution is 2.21. The lowest BCUT2D eigenvalue weighted by atomic mass is 10.1. The van der Waals surface area contributed by atoms with Gasteiger partial charge in [-0.1, -0.05) is 6.42 Å². The summed E-state index contributed by atoms with van der Waals surface area (Å²) in [5.41, 5.74) is 0.474. The van der Waals surface area contributed by atoms with Gasteiger partial charge in [0.05, 0.1) is 11.4 Å². The molecule has 2 N–H and O–H groups in total. The van der Waals surface area contributed by atoms with Gasteiger partial charge in [0, 0.05) is 17.3 Å². The topological polar surface area (TPSA) is 105 Å². The zero-order valence-corrected chi connectivity index (χ0v) is 17.8. The summed E-state index contributed by atoms with van der Waals surface area (Å²) in [4.78, 5) is 18.8. The van der Waals surface area contributed by atoms with E-state index in [4.69, 9.17) is 4.42 Å². The Hall–Kier alpha value is -2.69. The van der Waals surface area contributed by atoms with Crippen molar-refractivity contribution < 1.29 is 17.6 Å². The van der Waals surface area contributed by atoms with E-state index < -0.39 is 10.0 Å². The Morgan fingerprint density at radius 1 is 1.10 bits per heavy atom. The maximum absolute atomic E-state index is 12.5. The fourth-order valence-corrected chi connectivity index (χ4v) is 5.07. The largest absolute Gasteiger partial charge is 0.455 e. The van der Waals surface area contributed by atoms with Crippen LogP contribution in [-0.2, 0) is 16.6 Å². The van der Waals surface area contributed by atoms with E-state index in [0.717, 1.165) is 18.8 Å². The van der Waals surface area contributed by atoms with Gasteiger partial charge in [0.15, 0.2) is 10.9 Å². The Bertz CT molecular complexity index is 1090. The molecule has 0 bridgehead atoms. The van der Waals surface area contributed by atoms with Gasteiger partial charge in [0.25, 0.3) is 15.9 Å². The standard InChI is InChI=1S/C20H22N4O4S2/c25-19(18-9-6-16(28-18)14-24-11-2-1-3-12-24)22-15-4-7-17(8-5-15)30(26,27)23-20-21-10-13-29-20/h4-10,13H,1-3,11-12,14H2,(H,21,23)(H,22,25). The molecule has 3 heterocycles. The average Bonchev–Trinajstić information content (AvgIpc) is 3.41. The van der Waals surface area contributed by atoms with Crippen LogP contribution < -0.4 is 10.0 Å². The van der Waals surface area contributed by atoms with E-state index in [1.807, 2.05) is 6.07 Å². The molecule has 4 rings (SSSR count). The van der Waals surface area contributed by atoms with Gasteiger partial charge in [-0.3, -0.25) is 14.4 Å². The van der Waals surface area contributed by atoms with Crippen molar-refractivity contribution in [2.24, 2.45) is 0 Å². The van der Waals surface area contributed by atoms with Crippen LogP contribution in [0.3, 0.4) is 0 Å². The number of likely N-dealkylation sites (tertiary alicyclic amines) is 1. The molecule has 1 aliphatic rings. The van der Waals surface area contributed by atoms with Gasteiger partial charge in [-0.2, -0.15) is 0 Å². The third-order valence-corrected chi connectivity index (χ3v) is 6.96. The highest BCUT2D eigenvalue weighted by atomic mass is 32.2. The molecule has 0 spiro atoms. The number of benzene rings is 1. The molecule has 0 saturated carbocycles. The van der Waals surface area contributed by atoms with Crippen LogP contribution in [0.25, 0.3) is 0 Å². The van der Waals surface area contributed by atoms with Gasteiger partial charge in [-0.05, 0) is 62.3 Å². The fourth-order valence-electron chi connectivity index (χ4n) is 3.28. The first kappa shape index (κ1) is 20.6. The molecular weight excluding hydrogens is 424 g/mol. The minimum absolute atomic E-state index is 0.0810. The number of aromatic nitrogens is 1. The van der Waals surface area contributed by atoms with Gasteiger partial charge in [0.2, 0.25) is 0 Å². The first-order chi connectivity index (χ1) is 14.5. The molecule has 0 radical (unpaired) electrons. The summed E-state index contributed by atoms with van der Waals surface area (Å²) in [6.45, 7) is 2.80. The SMILES string of the molecule is O=C(Nc1ccc(S(=O)(=O)Nc2nccs2)cc1)c1ccc(CN2CCCCC2)o1. The summed E-state index contributed by atoms with van der Waals surface area (Å²) in [6.07, 6.45) is 5.18. The Labute approximate surface area is 179 Å². The number of nitrogens with one attached hydrogen (secondary N) is 2. The molecule has 158 valence electrons. The highest BCUT2D eigenvalue weighted by molar-refractivity contribution is 7.93. The van der Waals surface area contributed by atoms with Crippen LogP contribution in [-0.4, -0.2) is 37.3 Å². The molecule has 10 heteroatoms.